The van der Waals surface area contributed by atoms with Crippen LogP contribution in [0.5, 0.6) is 5.75 Å². The van der Waals surface area contributed by atoms with Crippen LogP contribution < -0.4 is 4.74 Å². The fourth-order valence-electron chi connectivity index (χ4n) is 4.15. The molecule has 4 rings (SSSR count). The topological polar surface area (TPSA) is 21.7 Å². The number of morpholine rings is 1. The van der Waals surface area contributed by atoms with Crippen LogP contribution in [0.1, 0.15) is 31.4 Å². The number of nitrogens with zero attached hydrogens (tertiary/aromatic N) is 1. The van der Waals surface area contributed by atoms with Gasteiger partial charge in [0.05, 0.1) is 6.61 Å². The van der Waals surface area contributed by atoms with E-state index in [1.807, 2.05) is 6.07 Å². The molecular weight excluding hydrogens is 334 g/mol. The lowest BCUT2D eigenvalue weighted by Crippen LogP contribution is -2.55. The molecule has 0 bridgehead atoms. The van der Waals surface area contributed by atoms with E-state index in [4.69, 9.17) is 9.47 Å². The molecule has 2 aromatic rings. The van der Waals surface area contributed by atoms with Gasteiger partial charge < -0.3 is 9.47 Å². The monoisotopic (exact) mass is 359 g/mol. The summed E-state index contributed by atoms with van der Waals surface area (Å²) in [5.41, 5.74) is 2.06. The van der Waals surface area contributed by atoms with E-state index in [9.17, 15) is 0 Å². The maximum absolute atomic E-state index is 6.41. The van der Waals surface area contributed by atoms with Crippen LogP contribution in [0.3, 0.4) is 0 Å². The minimum absolute atomic E-state index is 0. The molecular formula is C21H26ClNO2. The van der Waals surface area contributed by atoms with Crippen LogP contribution in [-0.4, -0.2) is 30.2 Å². The average Bonchev–Trinajstić information content (AvgIpc) is 2.55. The molecule has 4 heteroatoms. The van der Waals surface area contributed by atoms with Crippen molar-refractivity contribution in [3.05, 3.63) is 65.7 Å². The van der Waals surface area contributed by atoms with Gasteiger partial charge in [-0.2, -0.15) is 0 Å². The third kappa shape index (κ3) is 3.69. The van der Waals surface area contributed by atoms with Crippen molar-refractivity contribution in [3.63, 3.8) is 0 Å². The fraction of sp³-hybridized carbons (Fsp3) is 0.429. The van der Waals surface area contributed by atoms with E-state index in [-0.39, 0.29) is 23.6 Å². The highest BCUT2D eigenvalue weighted by Gasteiger charge is 2.48. The first-order valence-electron chi connectivity index (χ1n) is 8.75. The SMILES string of the molecule is CC1(C)CC2(CN(Cc3ccccc3)CCO2)c2ccccc2O1.Cl. The normalized spacial score (nSPS) is 24.9. The summed E-state index contributed by atoms with van der Waals surface area (Å²) in [4.78, 5) is 2.51. The zero-order valence-corrected chi connectivity index (χ0v) is 15.7. The first kappa shape index (κ1) is 18.2. The Bertz CT molecular complexity index is 719. The van der Waals surface area contributed by atoms with Crippen LogP contribution in [0.2, 0.25) is 0 Å². The van der Waals surface area contributed by atoms with E-state index in [0.717, 1.165) is 38.4 Å². The molecule has 2 aliphatic heterocycles. The van der Waals surface area contributed by atoms with Crippen LogP contribution in [0.25, 0.3) is 0 Å². The van der Waals surface area contributed by atoms with Gasteiger partial charge in [0.1, 0.15) is 17.0 Å². The summed E-state index contributed by atoms with van der Waals surface area (Å²) in [6.45, 7) is 7.92. The van der Waals surface area contributed by atoms with Crippen molar-refractivity contribution in [2.24, 2.45) is 0 Å². The lowest BCUT2D eigenvalue weighted by atomic mass is 9.79. The lowest BCUT2D eigenvalue weighted by Gasteiger charge is -2.50. The van der Waals surface area contributed by atoms with Crippen molar-refractivity contribution in [3.8, 4) is 5.75 Å². The van der Waals surface area contributed by atoms with Gasteiger partial charge in [0.25, 0.3) is 0 Å². The molecule has 0 aromatic heterocycles. The highest BCUT2D eigenvalue weighted by Crippen LogP contribution is 2.47. The molecule has 25 heavy (non-hydrogen) atoms. The molecule has 0 amide bonds. The molecule has 3 nitrogen and oxygen atoms in total. The van der Waals surface area contributed by atoms with Crippen LogP contribution >= 0.6 is 12.4 Å². The number of fused-ring (bicyclic) bond motifs is 2. The molecule has 0 N–H and O–H groups in total. The number of para-hydroxylation sites is 1. The summed E-state index contributed by atoms with van der Waals surface area (Å²) >= 11 is 0. The largest absolute Gasteiger partial charge is 0.487 e. The van der Waals surface area contributed by atoms with Crippen molar-refractivity contribution in [1.82, 2.24) is 4.90 Å². The van der Waals surface area contributed by atoms with Crippen LogP contribution in [0.15, 0.2) is 54.6 Å². The van der Waals surface area contributed by atoms with Gasteiger partial charge in [-0.15, -0.1) is 12.4 Å². The zero-order chi connectivity index (χ0) is 16.6. The molecule has 1 spiro atoms. The third-order valence-corrected chi connectivity index (χ3v) is 4.99. The molecule has 2 aromatic carbocycles. The summed E-state index contributed by atoms with van der Waals surface area (Å²) < 4.78 is 12.6. The molecule has 0 saturated carbocycles. The van der Waals surface area contributed by atoms with Crippen LogP contribution in [0.4, 0.5) is 0 Å². The second-order valence-corrected chi connectivity index (χ2v) is 7.57. The van der Waals surface area contributed by atoms with E-state index in [2.05, 4.69) is 67.3 Å². The molecule has 1 saturated heterocycles. The maximum atomic E-state index is 6.41. The predicted octanol–water partition coefficient (Wildman–Crippen LogP) is 4.40. The Hall–Kier alpha value is -1.55. The molecule has 2 heterocycles. The lowest BCUT2D eigenvalue weighted by molar-refractivity contribution is -0.157. The Morgan fingerprint density at radius 1 is 1.00 bits per heavy atom. The summed E-state index contributed by atoms with van der Waals surface area (Å²) in [5.74, 6) is 0.968. The molecule has 1 unspecified atom stereocenters. The van der Waals surface area contributed by atoms with Gasteiger partial charge in [0, 0.05) is 31.6 Å². The fourth-order valence-corrected chi connectivity index (χ4v) is 4.15. The maximum Gasteiger partial charge on any atom is 0.126 e. The second-order valence-electron chi connectivity index (χ2n) is 7.57. The molecule has 0 aliphatic carbocycles. The number of rotatable bonds is 2. The Balaban J connectivity index is 0.00000182. The van der Waals surface area contributed by atoms with Crippen molar-refractivity contribution in [1.29, 1.82) is 0 Å². The van der Waals surface area contributed by atoms with E-state index in [0.29, 0.717) is 0 Å². The summed E-state index contributed by atoms with van der Waals surface area (Å²) in [5, 5.41) is 0. The number of halogens is 1. The minimum Gasteiger partial charge on any atom is -0.487 e. The highest BCUT2D eigenvalue weighted by atomic mass is 35.5. The van der Waals surface area contributed by atoms with Gasteiger partial charge in [0.2, 0.25) is 0 Å². The van der Waals surface area contributed by atoms with Crippen molar-refractivity contribution < 1.29 is 9.47 Å². The van der Waals surface area contributed by atoms with E-state index in [1.165, 1.54) is 11.1 Å². The first-order valence-corrected chi connectivity index (χ1v) is 8.75. The average molecular weight is 360 g/mol. The van der Waals surface area contributed by atoms with Crippen molar-refractivity contribution in [2.45, 2.75) is 38.0 Å². The molecule has 1 atom stereocenters. The third-order valence-electron chi connectivity index (χ3n) is 4.99. The number of hydrogen-bond donors (Lipinski definition) is 0. The summed E-state index contributed by atoms with van der Waals surface area (Å²) in [6.07, 6.45) is 0.877. The zero-order valence-electron chi connectivity index (χ0n) is 14.9. The quantitative estimate of drug-likeness (QED) is 0.793. The summed E-state index contributed by atoms with van der Waals surface area (Å²) in [7, 11) is 0. The Morgan fingerprint density at radius 3 is 2.52 bits per heavy atom. The van der Waals surface area contributed by atoms with E-state index in [1.54, 1.807) is 0 Å². The molecule has 1 fully saturated rings. The van der Waals surface area contributed by atoms with E-state index >= 15 is 0 Å². The molecule has 2 aliphatic rings. The summed E-state index contributed by atoms with van der Waals surface area (Å²) in [6, 6.07) is 19.0. The Morgan fingerprint density at radius 2 is 1.72 bits per heavy atom. The second kappa shape index (κ2) is 6.99. The molecule has 0 radical (unpaired) electrons. The smallest absolute Gasteiger partial charge is 0.126 e. The van der Waals surface area contributed by atoms with E-state index < -0.39 is 0 Å². The van der Waals surface area contributed by atoms with Gasteiger partial charge in [-0.1, -0.05) is 48.5 Å². The van der Waals surface area contributed by atoms with Crippen LogP contribution in [0, 0.1) is 0 Å². The first-order chi connectivity index (χ1) is 11.6. The van der Waals surface area contributed by atoms with Crippen molar-refractivity contribution >= 4 is 12.4 Å². The minimum atomic E-state index is -0.272. The molecule has 134 valence electrons. The van der Waals surface area contributed by atoms with Gasteiger partial charge >= 0.3 is 0 Å². The highest BCUT2D eigenvalue weighted by molar-refractivity contribution is 5.85. The Labute approximate surface area is 156 Å². The predicted molar refractivity (Wildman–Crippen MR) is 102 cm³/mol. The van der Waals surface area contributed by atoms with Gasteiger partial charge in [-0.3, -0.25) is 4.90 Å². The van der Waals surface area contributed by atoms with Gasteiger partial charge in [0.15, 0.2) is 0 Å². The Kier molecular flexibility index (Phi) is 5.10. The number of hydrogen-bond acceptors (Lipinski definition) is 3. The van der Waals surface area contributed by atoms with Gasteiger partial charge in [-0.25, -0.2) is 0 Å². The number of ether oxygens (including phenoxy) is 2. The van der Waals surface area contributed by atoms with Gasteiger partial charge in [-0.05, 0) is 25.5 Å². The van der Waals surface area contributed by atoms with Crippen LogP contribution in [-0.2, 0) is 16.9 Å². The number of benzene rings is 2. The van der Waals surface area contributed by atoms with Crippen molar-refractivity contribution in [2.75, 3.05) is 19.7 Å². The standard InChI is InChI=1S/C21H25NO2.ClH/c1-20(2)15-21(18-10-6-7-11-19(18)24-20)16-22(12-13-23-21)14-17-8-4-3-5-9-17;/h3-11H,12-16H2,1-2H3;1H.